The monoisotopic (exact) mass is 310 g/mol. The molecule has 0 atom stereocenters. The van der Waals surface area contributed by atoms with Crippen molar-refractivity contribution >= 4 is 45.8 Å². The Morgan fingerprint density at radius 2 is 1.10 bits per heavy atom. The van der Waals surface area contributed by atoms with Gasteiger partial charge in [-0.05, 0) is 0 Å². The van der Waals surface area contributed by atoms with Gasteiger partial charge in [0.2, 0.25) is 0 Å². The number of aliphatic carboxylic acids is 2. The van der Waals surface area contributed by atoms with Gasteiger partial charge < -0.3 is 10.2 Å². The van der Waals surface area contributed by atoms with Gasteiger partial charge in [0.15, 0.2) is 0 Å². The van der Waals surface area contributed by atoms with Crippen molar-refractivity contribution in [3.8, 4) is 0 Å². The van der Waals surface area contributed by atoms with Gasteiger partial charge >= 0.3 is 114 Å². The molecule has 0 bridgehead atoms. The Labute approximate surface area is 139 Å². The molecule has 0 radical (unpaired) electrons. The Hall–Kier alpha value is 0.200. The third kappa shape index (κ3) is 9.19. The summed E-state index contributed by atoms with van der Waals surface area (Å²) in [5, 5.41) is 15.4. The molecule has 2 fully saturated rings. The van der Waals surface area contributed by atoms with Crippen molar-refractivity contribution in [3.05, 3.63) is 0 Å². The minimum absolute atomic E-state index is 0.123. The van der Waals surface area contributed by atoms with Crippen molar-refractivity contribution in [2.75, 3.05) is 0 Å². The van der Waals surface area contributed by atoms with E-state index in [0.717, 1.165) is 0 Å². The molecule has 0 aromatic carbocycles. The largest absolute Gasteiger partial charge is 0.481 e. The molecular formula is C15H26CaO4. The molecular weight excluding hydrogens is 284 g/mol. The van der Waals surface area contributed by atoms with Crippen LogP contribution in [0.3, 0.4) is 0 Å². The maximum Gasteiger partial charge on any atom is 0.314 e. The zero-order valence-corrected chi connectivity index (χ0v) is 14.6. The molecule has 2 saturated carbocycles. The van der Waals surface area contributed by atoms with Crippen LogP contribution in [0.2, 0.25) is 4.03 Å². The third-order valence-corrected chi connectivity index (χ3v) is 9.05. The first-order valence-corrected chi connectivity index (χ1v) is 10.6. The Morgan fingerprint density at radius 1 is 0.750 bits per heavy atom. The van der Waals surface area contributed by atoms with Gasteiger partial charge in [-0.15, -0.1) is 0 Å². The van der Waals surface area contributed by atoms with Crippen LogP contribution >= 0.6 is 0 Å². The Bertz CT molecular complexity index is 266. The van der Waals surface area contributed by atoms with Gasteiger partial charge in [0, 0.05) is 0 Å². The normalized spacial score (nSPS) is 20.4. The van der Waals surface area contributed by atoms with Crippen LogP contribution in [0.25, 0.3) is 0 Å². The predicted octanol–water partition coefficient (Wildman–Crippen LogP) is 3.74. The summed E-state index contributed by atoms with van der Waals surface area (Å²) in [5.74, 6) is -2.62. The van der Waals surface area contributed by atoms with E-state index in [9.17, 15) is 9.59 Å². The summed E-state index contributed by atoms with van der Waals surface area (Å²) >= 11 is -0.123. The van der Waals surface area contributed by atoms with Crippen LogP contribution in [0.15, 0.2) is 0 Å². The molecule has 2 aliphatic carbocycles. The predicted molar refractivity (Wildman–Crippen MR) is 79.3 cm³/mol. The van der Waals surface area contributed by atoms with Gasteiger partial charge in [0.1, 0.15) is 6.42 Å². The second-order valence-electron chi connectivity index (χ2n) is 6.21. The number of rotatable bonds is 4. The summed E-state index contributed by atoms with van der Waals surface area (Å²) in [6, 6.07) is 0. The summed E-state index contributed by atoms with van der Waals surface area (Å²) in [4.78, 5) is 18.9. The molecule has 20 heavy (non-hydrogen) atoms. The number of hydrogen-bond acceptors (Lipinski definition) is 2. The van der Waals surface area contributed by atoms with Gasteiger partial charge in [0.05, 0.1) is 0 Å². The zero-order valence-electron chi connectivity index (χ0n) is 12.4. The van der Waals surface area contributed by atoms with E-state index in [-0.39, 0.29) is 33.8 Å². The standard InChI is InChI=1S/2C6H11.C3H4O4.Ca/c2*1-2-4-6-5-3-1;4-2(5)1-3(6)7;/h2*1H,2-6H2;1H2,(H,4,5)(H,6,7);. The quantitative estimate of drug-likeness (QED) is 0.612. The van der Waals surface area contributed by atoms with Crippen molar-refractivity contribution in [1.82, 2.24) is 0 Å². The Morgan fingerprint density at radius 3 is 1.35 bits per heavy atom. The van der Waals surface area contributed by atoms with Crippen molar-refractivity contribution < 1.29 is 19.8 Å². The van der Waals surface area contributed by atoms with E-state index >= 15 is 0 Å². The molecule has 0 aromatic rings. The van der Waals surface area contributed by atoms with Crippen LogP contribution in [0.1, 0.15) is 70.6 Å². The minimum Gasteiger partial charge on any atom is -0.481 e. The van der Waals surface area contributed by atoms with Gasteiger partial charge in [-0.25, -0.2) is 0 Å². The smallest absolute Gasteiger partial charge is 0.314 e. The molecule has 2 rings (SSSR count). The van der Waals surface area contributed by atoms with Crippen LogP contribution in [-0.2, 0) is 9.59 Å². The summed E-state index contributed by atoms with van der Waals surface area (Å²) in [6.45, 7) is 0. The van der Waals surface area contributed by atoms with E-state index in [1.54, 1.807) is 64.2 Å². The second-order valence-corrected chi connectivity index (χ2v) is 10.6. The van der Waals surface area contributed by atoms with Gasteiger partial charge in [0.25, 0.3) is 0 Å². The molecule has 0 heterocycles. The molecule has 4 nitrogen and oxygen atoms in total. The number of hydrogen-bond donors (Lipinski definition) is 2. The van der Waals surface area contributed by atoms with Gasteiger partial charge in [-0.1, -0.05) is 0 Å². The Balaban J connectivity index is 0.000000246. The summed E-state index contributed by atoms with van der Waals surface area (Å²) in [7, 11) is 0. The van der Waals surface area contributed by atoms with Gasteiger partial charge in [-0.3, -0.25) is 9.59 Å². The molecule has 0 spiro atoms. The number of carbonyl (C=O) groups is 2. The van der Waals surface area contributed by atoms with Crippen LogP contribution < -0.4 is 0 Å². The van der Waals surface area contributed by atoms with Crippen molar-refractivity contribution in [3.63, 3.8) is 0 Å². The second kappa shape index (κ2) is 10.9. The fourth-order valence-electron chi connectivity index (χ4n) is 3.45. The SMILES string of the molecule is C1CC[CH]([Ca][CH]2CCCCC2)CC1.O=C(O)CC(=O)O. The van der Waals surface area contributed by atoms with Crippen LogP contribution in [0, 0.1) is 0 Å². The topological polar surface area (TPSA) is 74.6 Å². The Kier molecular flexibility index (Phi) is 9.91. The fourth-order valence-corrected chi connectivity index (χ4v) is 8.19. The van der Waals surface area contributed by atoms with E-state index in [4.69, 9.17) is 10.2 Å². The third-order valence-electron chi connectivity index (χ3n) is 4.42. The molecule has 0 amide bonds. The summed E-state index contributed by atoms with van der Waals surface area (Å²) in [6.07, 6.45) is 15.1. The van der Waals surface area contributed by atoms with E-state index < -0.39 is 18.4 Å². The van der Waals surface area contributed by atoms with Crippen molar-refractivity contribution in [2.45, 2.75) is 74.7 Å². The molecule has 0 aliphatic heterocycles. The van der Waals surface area contributed by atoms with Crippen molar-refractivity contribution in [2.24, 2.45) is 0 Å². The van der Waals surface area contributed by atoms with Crippen LogP contribution in [-0.4, -0.2) is 56.0 Å². The molecule has 0 aromatic heterocycles. The van der Waals surface area contributed by atoms with E-state index in [1.165, 1.54) is 4.03 Å². The first-order valence-electron chi connectivity index (χ1n) is 8.01. The van der Waals surface area contributed by atoms with Gasteiger partial charge in [-0.2, -0.15) is 0 Å². The number of carboxylic acid groups (broad SMARTS) is 2. The maximum atomic E-state index is 9.43. The maximum absolute atomic E-state index is 9.43. The van der Waals surface area contributed by atoms with E-state index in [1.807, 2.05) is 0 Å². The molecule has 112 valence electrons. The van der Waals surface area contributed by atoms with Crippen molar-refractivity contribution in [1.29, 1.82) is 0 Å². The van der Waals surface area contributed by atoms with E-state index in [0.29, 0.717) is 0 Å². The fraction of sp³-hybridized carbons (Fsp3) is 0.867. The molecule has 5 heteroatoms. The average Bonchev–Trinajstić information content (AvgIpc) is 2.40. The minimum atomic E-state index is -1.31. The first kappa shape index (κ1) is 18.2. The molecule has 0 unspecified atom stereocenters. The molecule has 2 N–H and O–H groups in total. The summed E-state index contributed by atoms with van der Waals surface area (Å²) in [5.41, 5.74) is 0. The first-order chi connectivity index (χ1) is 9.58. The molecule has 0 saturated heterocycles. The zero-order chi connectivity index (χ0) is 14.8. The van der Waals surface area contributed by atoms with E-state index in [2.05, 4.69) is 0 Å². The van der Waals surface area contributed by atoms with Crippen LogP contribution in [0.4, 0.5) is 0 Å². The number of carboxylic acids is 2. The molecule has 2 aliphatic rings. The average molecular weight is 310 g/mol. The van der Waals surface area contributed by atoms with Crippen LogP contribution in [0.5, 0.6) is 0 Å². The summed E-state index contributed by atoms with van der Waals surface area (Å²) < 4.78 is 2.62.